The van der Waals surface area contributed by atoms with E-state index in [9.17, 15) is 0 Å². The molecule has 0 radical (unpaired) electrons. The van der Waals surface area contributed by atoms with Crippen molar-refractivity contribution in [3.63, 3.8) is 0 Å². The van der Waals surface area contributed by atoms with Gasteiger partial charge in [0.25, 0.3) is 0 Å². The van der Waals surface area contributed by atoms with Crippen LogP contribution in [-0.2, 0) is 20.8 Å². The summed E-state index contributed by atoms with van der Waals surface area (Å²) in [5.74, 6) is 7.53. The zero-order valence-corrected chi connectivity index (χ0v) is 30.9. The van der Waals surface area contributed by atoms with Gasteiger partial charge in [-0.3, -0.25) is 0 Å². The molecule has 0 aromatic heterocycles. The molecule has 0 amide bonds. The van der Waals surface area contributed by atoms with Crippen LogP contribution in [0.15, 0.2) is 0 Å². The molecule has 0 nitrogen and oxygen atoms in total. The van der Waals surface area contributed by atoms with E-state index in [1.807, 2.05) is 0 Å². The van der Waals surface area contributed by atoms with Crippen LogP contribution in [-0.4, -0.2) is 15.2 Å². The van der Waals surface area contributed by atoms with Gasteiger partial charge in [-0.15, -0.1) is 0 Å². The molecule has 0 N–H and O–H groups in total. The Balaban J connectivity index is 0.00000117. The third-order valence-electron chi connectivity index (χ3n) is 12.2. The van der Waals surface area contributed by atoms with E-state index in [1.54, 1.807) is 51.4 Å². The molecule has 35 heavy (non-hydrogen) atoms. The molecule has 9 unspecified atom stereocenters. The number of fused-ring (bicyclic) bond motifs is 2. The first kappa shape index (κ1) is 34.9. The summed E-state index contributed by atoms with van der Waals surface area (Å²) < 4.78 is 0. The Labute approximate surface area is 242 Å². The fraction of sp³-hybridized carbons (Fsp3) is 0.933. The van der Waals surface area contributed by atoms with E-state index in [2.05, 4.69) is 47.0 Å². The van der Waals surface area contributed by atoms with E-state index in [0.29, 0.717) is 0 Å². The zero-order chi connectivity index (χ0) is 24.4. The molecule has 0 bridgehead atoms. The van der Waals surface area contributed by atoms with Crippen molar-refractivity contribution in [3.05, 3.63) is 14.9 Å². The van der Waals surface area contributed by atoms with Crippen molar-refractivity contribution < 1.29 is 20.8 Å². The fourth-order valence-electron chi connectivity index (χ4n) is 9.95. The minimum atomic E-state index is -1.25. The molecule has 0 saturated heterocycles. The summed E-state index contributed by atoms with van der Waals surface area (Å²) in [6.45, 7) is 19.4. The van der Waals surface area contributed by atoms with E-state index < -0.39 is 36.0 Å². The molecular weight excluding hydrogens is 579 g/mol. The molecule has 4 aliphatic carbocycles. The topological polar surface area (TPSA) is 0 Å². The summed E-state index contributed by atoms with van der Waals surface area (Å²) in [6, 6.07) is 0. The van der Waals surface area contributed by atoms with Gasteiger partial charge in [0, 0.05) is 15.2 Å². The van der Waals surface area contributed by atoms with Gasteiger partial charge < -0.3 is 14.9 Å². The maximum absolute atomic E-state index is 4.93. The predicted molar refractivity (Wildman–Crippen MR) is 164 cm³/mol. The second-order valence-corrected chi connectivity index (χ2v) is 33.7. The van der Waals surface area contributed by atoms with Gasteiger partial charge in [-0.2, -0.15) is 0 Å². The second kappa shape index (κ2) is 15.0. The Hall–Kier alpha value is 1.90. The summed E-state index contributed by atoms with van der Waals surface area (Å²) in [7, 11) is 7.39. The Morgan fingerprint density at radius 3 is 1.63 bits per heavy atom. The standard InChI is InChI=1S/C28H54Si2.2CH3.2ClH.Zr/c1-8-13-20(2)26-19-28(25-17-12-10-15-23(25)26)30(6,7)29(4,5)27-18-21(3)22-14-9-11-16-24(22)27;;;;;/h20-28H,8-19H2,1-7H3;2*1H3;2*1H;/q;2*-1;;;+4/p-2. The molecule has 206 valence electrons. The van der Waals surface area contributed by atoms with E-state index in [-0.39, 0.29) is 14.9 Å². The minimum absolute atomic E-state index is 0. The van der Waals surface area contributed by atoms with Gasteiger partial charge >= 0.3 is 37.9 Å². The monoisotopic (exact) mass is 636 g/mol. The molecule has 0 aromatic carbocycles. The average molecular weight is 639 g/mol. The molecule has 0 aromatic rings. The number of hydrogen-bond acceptors (Lipinski definition) is 0. The van der Waals surface area contributed by atoms with Gasteiger partial charge in [-0.25, -0.2) is 0 Å². The number of rotatable bonds is 6. The summed E-state index contributed by atoms with van der Waals surface area (Å²) in [5, 5.41) is 0. The molecule has 0 spiro atoms. The molecule has 4 saturated carbocycles. The van der Waals surface area contributed by atoms with E-state index in [0.717, 1.165) is 52.5 Å². The van der Waals surface area contributed by atoms with E-state index in [1.165, 1.54) is 25.7 Å². The van der Waals surface area contributed by atoms with Crippen molar-refractivity contribution in [2.75, 3.05) is 0 Å². The van der Waals surface area contributed by atoms with Crippen LogP contribution >= 0.6 is 17.0 Å². The third kappa shape index (κ3) is 7.16. The molecule has 0 aliphatic heterocycles. The van der Waals surface area contributed by atoms with E-state index >= 15 is 0 Å². The molecule has 4 aliphatic rings. The summed E-state index contributed by atoms with van der Waals surface area (Å²) >= 11 is -0.826. The summed E-state index contributed by atoms with van der Waals surface area (Å²) in [6.07, 6.45) is 18.6. The molecular formula is C30H60Cl2Si2Zr. The second-order valence-electron chi connectivity index (χ2n) is 13.8. The van der Waals surface area contributed by atoms with Gasteiger partial charge in [0.15, 0.2) is 0 Å². The van der Waals surface area contributed by atoms with E-state index in [4.69, 9.17) is 17.0 Å². The quantitative estimate of drug-likeness (QED) is 0.201. The van der Waals surface area contributed by atoms with Crippen LogP contribution in [0.1, 0.15) is 97.8 Å². The summed E-state index contributed by atoms with van der Waals surface area (Å²) in [4.78, 5) is 0. The normalized spacial score (nSPS) is 37.4. The van der Waals surface area contributed by atoms with Crippen molar-refractivity contribution in [3.8, 4) is 0 Å². The van der Waals surface area contributed by atoms with Crippen LogP contribution < -0.4 is 0 Å². The first-order chi connectivity index (χ1) is 15.6. The van der Waals surface area contributed by atoms with Gasteiger partial charge in [0.2, 0.25) is 0 Å². The van der Waals surface area contributed by atoms with Crippen molar-refractivity contribution in [1.82, 2.24) is 0 Å². The molecule has 5 heteroatoms. The molecule has 9 atom stereocenters. The zero-order valence-electron chi connectivity index (χ0n) is 24.9. The van der Waals surface area contributed by atoms with Crippen molar-refractivity contribution in [2.45, 2.75) is 135 Å². The van der Waals surface area contributed by atoms with Crippen molar-refractivity contribution >= 4 is 32.2 Å². The SMILES string of the molecule is CCCC(C)C1CC([Si](C)(C)[Si](C)(C)C2CC(C)C3CCCCC32)C2CCCCC12.[CH3-].[CH3-].[Cl][Zr+2][Cl]. The van der Waals surface area contributed by atoms with Crippen molar-refractivity contribution in [2.24, 2.45) is 41.4 Å². The summed E-state index contributed by atoms with van der Waals surface area (Å²) in [5.41, 5.74) is 2.32. The fourth-order valence-corrected chi connectivity index (χ4v) is 24.4. The Bertz CT molecular complexity index is 613. The van der Waals surface area contributed by atoms with Crippen LogP contribution in [0.5, 0.6) is 0 Å². The van der Waals surface area contributed by atoms with Crippen LogP contribution in [0.25, 0.3) is 0 Å². The first-order valence-electron chi connectivity index (χ1n) is 14.6. The molecule has 4 fully saturated rings. The predicted octanol–water partition coefficient (Wildman–Crippen LogP) is 11.6. The van der Waals surface area contributed by atoms with Crippen LogP contribution in [0, 0.1) is 56.3 Å². The van der Waals surface area contributed by atoms with Crippen LogP contribution in [0.2, 0.25) is 37.3 Å². The Kier molecular flexibility index (Phi) is 15.0. The van der Waals surface area contributed by atoms with Gasteiger partial charge in [0.1, 0.15) is 0 Å². The van der Waals surface area contributed by atoms with Gasteiger partial charge in [-0.1, -0.05) is 98.3 Å². The average Bonchev–Trinajstić information content (AvgIpc) is 3.34. The maximum atomic E-state index is 4.93. The number of halogens is 2. The third-order valence-corrected chi connectivity index (χ3v) is 32.8. The van der Waals surface area contributed by atoms with Crippen LogP contribution in [0.4, 0.5) is 0 Å². The van der Waals surface area contributed by atoms with Gasteiger partial charge in [0.05, 0.1) is 0 Å². The van der Waals surface area contributed by atoms with Crippen LogP contribution in [0.3, 0.4) is 0 Å². The van der Waals surface area contributed by atoms with Gasteiger partial charge in [-0.05, 0) is 78.2 Å². The number of hydrogen-bond donors (Lipinski definition) is 0. The Morgan fingerprint density at radius 1 is 0.743 bits per heavy atom. The molecule has 0 heterocycles. The molecule has 4 rings (SSSR count). The Morgan fingerprint density at radius 2 is 1.14 bits per heavy atom. The van der Waals surface area contributed by atoms with Crippen molar-refractivity contribution in [1.29, 1.82) is 0 Å². The first-order valence-corrected chi connectivity index (χ1v) is 28.1.